The molecule has 1 atom stereocenters. The number of carboxylic acid groups (broad SMARTS) is 1. The lowest BCUT2D eigenvalue weighted by atomic mass is 10.1. The van der Waals surface area contributed by atoms with E-state index in [2.05, 4.69) is 0 Å². The maximum absolute atomic E-state index is 13.1. The Morgan fingerprint density at radius 2 is 2.05 bits per heavy atom. The van der Waals surface area contributed by atoms with E-state index in [0.29, 0.717) is 31.9 Å². The first-order valence-corrected chi connectivity index (χ1v) is 6.03. The van der Waals surface area contributed by atoms with Crippen LogP contribution in [0.2, 0.25) is 0 Å². The molecule has 1 aliphatic heterocycles. The van der Waals surface area contributed by atoms with E-state index in [-0.39, 0.29) is 12.5 Å². The van der Waals surface area contributed by atoms with Crippen molar-refractivity contribution in [2.45, 2.75) is 19.0 Å². The molecule has 0 amide bonds. The molecule has 0 saturated carbocycles. The molecule has 0 aliphatic carbocycles. The van der Waals surface area contributed by atoms with Crippen LogP contribution in [0.15, 0.2) is 18.2 Å². The highest BCUT2D eigenvalue weighted by Crippen LogP contribution is 2.16. The van der Waals surface area contributed by atoms with E-state index in [0.717, 1.165) is 6.07 Å². The van der Waals surface area contributed by atoms with Crippen molar-refractivity contribution in [2.75, 3.05) is 19.8 Å². The van der Waals surface area contributed by atoms with Crippen LogP contribution in [0, 0.1) is 11.6 Å². The van der Waals surface area contributed by atoms with Crippen molar-refractivity contribution < 1.29 is 23.4 Å². The van der Waals surface area contributed by atoms with Crippen molar-refractivity contribution in [3.63, 3.8) is 0 Å². The average molecular weight is 271 g/mol. The van der Waals surface area contributed by atoms with Crippen LogP contribution < -0.4 is 0 Å². The van der Waals surface area contributed by atoms with Crippen LogP contribution >= 0.6 is 0 Å². The van der Waals surface area contributed by atoms with Crippen LogP contribution in [-0.2, 0) is 16.1 Å². The van der Waals surface area contributed by atoms with Gasteiger partial charge in [-0.05, 0) is 17.7 Å². The highest BCUT2D eigenvalue weighted by molar-refractivity contribution is 5.67. The van der Waals surface area contributed by atoms with Gasteiger partial charge in [-0.1, -0.05) is 0 Å². The minimum Gasteiger partial charge on any atom is -0.481 e. The van der Waals surface area contributed by atoms with Gasteiger partial charge in [0.1, 0.15) is 11.6 Å². The Morgan fingerprint density at radius 1 is 1.37 bits per heavy atom. The fraction of sp³-hybridized carbons (Fsp3) is 0.462. The third-order valence-corrected chi connectivity index (χ3v) is 3.07. The Morgan fingerprint density at radius 3 is 2.68 bits per heavy atom. The van der Waals surface area contributed by atoms with Gasteiger partial charge in [0.15, 0.2) is 0 Å². The first-order chi connectivity index (χ1) is 9.04. The molecule has 1 heterocycles. The van der Waals surface area contributed by atoms with Gasteiger partial charge in [0.05, 0.1) is 19.6 Å². The zero-order chi connectivity index (χ0) is 13.8. The van der Waals surface area contributed by atoms with Gasteiger partial charge in [0.25, 0.3) is 0 Å². The smallest absolute Gasteiger partial charge is 0.305 e. The second-order valence-electron chi connectivity index (χ2n) is 4.57. The van der Waals surface area contributed by atoms with Crippen LogP contribution in [-0.4, -0.2) is 41.8 Å². The topological polar surface area (TPSA) is 49.8 Å². The molecule has 4 nitrogen and oxygen atoms in total. The molecule has 1 unspecified atom stereocenters. The van der Waals surface area contributed by atoms with Gasteiger partial charge in [-0.15, -0.1) is 0 Å². The van der Waals surface area contributed by atoms with Gasteiger partial charge in [0, 0.05) is 25.2 Å². The number of ether oxygens (including phenoxy) is 1. The number of nitrogens with zero attached hydrogens (tertiary/aromatic N) is 1. The molecule has 1 aliphatic rings. The standard InChI is InChI=1S/C13H15F2NO3/c14-10-3-9(4-11(15)5-10)7-16-1-2-19-8-12(16)6-13(17)18/h3-5,12H,1-2,6-8H2,(H,17,18). The third-order valence-electron chi connectivity index (χ3n) is 3.07. The quantitative estimate of drug-likeness (QED) is 0.904. The Bertz CT molecular complexity index is 447. The molecule has 104 valence electrons. The van der Waals surface area contributed by atoms with Crippen LogP contribution in [0.4, 0.5) is 8.78 Å². The van der Waals surface area contributed by atoms with Crippen molar-refractivity contribution in [1.29, 1.82) is 0 Å². The summed E-state index contributed by atoms with van der Waals surface area (Å²) in [5.74, 6) is -2.16. The predicted molar refractivity (Wildman–Crippen MR) is 63.6 cm³/mol. The van der Waals surface area contributed by atoms with Gasteiger partial charge < -0.3 is 9.84 Å². The molecule has 1 aromatic rings. The fourth-order valence-electron chi connectivity index (χ4n) is 2.22. The minimum absolute atomic E-state index is 0.0439. The Kier molecular flexibility index (Phi) is 4.44. The molecule has 6 heteroatoms. The lowest BCUT2D eigenvalue weighted by Crippen LogP contribution is -2.45. The minimum atomic E-state index is -0.911. The monoisotopic (exact) mass is 271 g/mol. The molecule has 0 spiro atoms. The molecule has 0 radical (unpaired) electrons. The Labute approximate surface area is 109 Å². The van der Waals surface area contributed by atoms with Gasteiger partial charge >= 0.3 is 5.97 Å². The van der Waals surface area contributed by atoms with E-state index in [1.807, 2.05) is 4.90 Å². The second-order valence-corrected chi connectivity index (χ2v) is 4.57. The summed E-state index contributed by atoms with van der Waals surface area (Å²) in [6.07, 6.45) is -0.0439. The van der Waals surface area contributed by atoms with Crippen LogP contribution in [0.5, 0.6) is 0 Å². The molecule has 1 fully saturated rings. The lowest BCUT2D eigenvalue weighted by Gasteiger charge is -2.34. The molecule has 1 aromatic carbocycles. The Balaban J connectivity index is 2.08. The number of hydrogen-bond donors (Lipinski definition) is 1. The van der Waals surface area contributed by atoms with Gasteiger partial charge in [-0.2, -0.15) is 0 Å². The normalized spacial score (nSPS) is 20.4. The molecule has 19 heavy (non-hydrogen) atoms. The van der Waals surface area contributed by atoms with Crippen molar-refractivity contribution in [3.8, 4) is 0 Å². The van der Waals surface area contributed by atoms with Crippen molar-refractivity contribution >= 4 is 5.97 Å². The van der Waals surface area contributed by atoms with E-state index in [1.54, 1.807) is 0 Å². The van der Waals surface area contributed by atoms with Crippen LogP contribution in [0.1, 0.15) is 12.0 Å². The highest BCUT2D eigenvalue weighted by atomic mass is 19.1. The predicted octanol–water partition coefficient (Wildman–Crippen LogP) is 1.64. The number of morpholine rings is 1. The summed E-state index contributed by atoms with van der Waals surface area (Å²) in [4.78, 5) is 12.7. The van der Waals surface area contributed by atoms with Crippen molar-refractivity contribution in [1.82, 2.24) is 4.90 Å². The van der Waals surface area contributed by atoms with E-state index < -0.39 is 17.6 Å². The average Bonchev–Trinajstić information content (AvgIpc) is 2.29. The number of carboxylic acids is 1. The molecule has 0 aromatic heterocycles. The van der Waals surface area contributed by atoms with E-state index in [9.17, 15) is 13.6 Å². The maximum atomic E-state index is 13.1. The summed E-state index contributed by atoms with van der Waals surface area (Å²) in [5.41, 5.74) is 0.495. The third kappa shape index (κ3) is 3.97. The summed E-state index contributed by atoms with van der Waals surface area (Å²) in [6.45, 7) is 1.68. The summed E-state index contributed by atoms with van der Waals surface area (Å²) in [7, 11) is 0. The van der Waals surface area contributed by atoms with Gasteiger partial charge in [0.2, 0.25) is 0 Å². The van der Waals surface area contributed by atoms with E-state index >= 15 is 0 Å². The summed E-state index contributed by atoms with van der Waals surface area (Å²) in [6, 6.07) is 3.07. The van der Waals surface area contributed by atoms with Crippen LogP contribution in [0.3, 0.4) is 0 Å². The summed E-state index contributed by atoms with van der Waals surface area (Å²) in [5, 5.41) is 8.84. The number of halogens is 2. The summed E-state index contributed by atoms with van der Waals surface area (Å²) >= 11 is 0. The number of rotatable bonds is 4. The fourth-order valence-corrected chi connectivity index (χ4v) is 2.22. The zero-order valence-corrected chi connectivity index (χ0v) is 10.3. The molecule has 1 saturated heterocycles. The number of aliphatic carboxylic acids is 1. The van der Waals surface area contributed by atoms with Crippen molar-refractivity contribution in [3.05, 3.63) is 35.4 Å². The summed E-state index contributed by atoms with van der Waals surface area (Å²) < 4.78 is 31.5. The molecule has 0 bridgehead atoms. The number of carbonyl (C=O) groups is 1. The SMILES string of the molecule is O=C(O)CC1COCCN1Cc1cc(F)cc(F)c1. The molecular weight excluding hydrogens is 256 g/mol. The van der Waals surface area contributed by atoms with E-state index in [4.69, 9.17) is 9.84 Å². The molecule has 1 N–H and O–H groups in total. The number of hydrogen-bond acceptors (Lipinski definition) is 3. The molecular formula is C13H15F2NO3. The second kappa shape index (κ2) is 6.08. The maximum Gasteiger partial charge on any atom is 0.305 e. The lowest BCUT2D eigenvalue weighted by molar-refractivity contribution is -0.140. The van der Waals surface area contributed by atoms with Crippen LogP contribution in [0.25, 0.3) is 0 Å². The van der Waals surface area contributed by atoms with Gasteiger partial charge in [-0.25, -0.2) is 8.78 Å². The molecule has 2 rings (SSSR count). The van der Waals surface area contributed by atoms with Gasteiger partial charge in [-0.3, -0.25) is 9.69 Å². The number of benzene rings is 1. The zero-order valence-electron chi connectivity index (χ0n) is 10.3. The largest absolute Gasteiger partial charge is 0.481 e. The first-order valence-electron chi connectivity index (χ1n) is 6.03. The van der Waals surface area contributed by atoms with E-state index in [1.165, 1.54) is 12.1 Å². The highest BCUT2D eigenvalue weighted by Gasteiger charge is 2.25. The Hall–Kier alpha value is -1.53. The first kappa shape index (κ1) is 13.9. The van der Waals surface area contributed by atoms with Crippen molar-refractivity contribution in [2.24, 2.45) is 0 Å².